The van der Waals surface area contributed by atoms with Gasteiger partial charge in [-0.25, -0.2) is 9.97 Å². The zero-order valence-corrected chi connectivity index (χ0v) is 16.2. The average Bonchev–Trinajstić information content (AvgIpc) is 2.63. The maximum absolute atomic E-state index is 11.9. The summed E-state index contributed by atoms with van der Waals surface area (Å²) in [6, 6.07) is 1.80. The molecule has 0 bridgehead atoms. The first-order valence-corrected chi connectivity index (χ1v) is 10.4. The van der Waals surface area contributed by atoms with Gasteiger partial charge in [0.05, 0.1) is 5.75 Å². The molecule has 8 heteroatoms. The van der Waals surface area contributed by atoms with Crippen LogP contribution in [0.3, 0.4) is 0 Å². The van der Waals surface area contributed by atoms with Gasteiger partial charge in [-0.2, -0.15) is 0 Å². The minimum atomic E-state index is 0.00641. The van der Waals surface area contributed by atoms with Crippen molar-refractivity contribution in [1.82, 2.24) is 15.3 Å². The molecule has 140 valence electrons. The Morgan fingerprint density at radius 3 is 2.72 bits per heavy atom. The molecule has 0 atom stereocenters. The number of nitrogens with zero attached hydrogens (tertiary/aromatic N) is 3. The van der Waals surface area contributed by atoms with Gasteiger partial charge in [0.2, 0.25) is 5.91 Å². The fraction of sp³-hybridized carbons (Fsp3) is 0.706. The molecule has 0 unspecified atom stereocenters. The number of rotatable bonds is 10. The maximum Gasteiger partial charge on any atom is 0.230 e. The fourth-order valence-corrected chi connectivity index (χ4v) is 3.68. The Balaban J connectivity index is 1.74. The highest BCUT2D eigenvalue weighted by molar-refractivity contribution is 7.99. The number of carbonyl (C=O) groups is 1. The minimum absolute atomic E-state index is 0.00641. The SMILES string of the molecule is NCCCCCCNC(=O)CSc1nc(Cl)cc(N2CCCCC2)n1. The van der Waals surface area contributed by atoms with Crippen molar-refractivity contribution in [3.05, 3.63) is 11.2 Å². The number of hydrogen-bond acceptors (Lipinski definition) is 6. The highest BCUT2D eigenvalue weighted by Gasteiger charge is 2.15. The number of aromatic nitrogens is 2. The number of nitrogens with one attached hydrogen (secondary N) is 1. The number of piperidine rings is 1. The van der Waals surface area contributed by atoms with E-state index in [1.807, 2.05) is 0 Å². The number of nitrogens with two attached hydrogens (primary N) is 1. The number of carbonyl (C=O) groups excluding carboxylic acids is 1. The van der Waals surface area contributed by atoms with Crippen LogP contribution in [0.2, 0.25) is 5.15 Å². The van der Waals surface area contributed by atoms with Gasteiger partial charge in [0.25, 0.3) is 0 Å². The van der Waals surface area contributed by atoms with Crippen LogP contribution in [0.1, 0.15) is 44.9 Å². The molecular weight excluding hydrogens is 358 g/mol. The van der Waals surface area contributed by atoms with E-state index in [-0.39, 0.29) is 5.91 Å². The Morgan fingerprint density at radius 1 is 1.20 bits per heavy atom. The van der Waals surface area contributed by atoms with Crippen LogP contribution in [0.5, 0.6) is 0 Å². The molecule has 0 aromatic carbocycles. The lowest BCUT2D eigenvalue weighted by atomic mass is 10.1. The Labute approximate surface area is 159 Å². The smallest absolute Gasteiger partial charge is 0.230 e. The predicted molar refractivity (Wildman–Crippen MR) is 104 cm³/mol. The number of halogens is 1. The van der Waals surface area contributed by atoms with Crippen LogP contribution in [0.15, 0.2) is 11.2 Å². The van der Waals surface area contributed by atoms with E-state index in [0.717, 1.165) is 51.1 Å². The van der Waals surface area contributed by atoms with Gasteiger partial charge in [-0.15, -0.1) is 0 Å². The number of unbranched alkanes of at least 4 members (excludes halogenated alkanes) is 3. The third kappa shape index (κ3) is 7.79. The summed E-state index contributed by atoms with van der Waals surface area (Å²) in [6.07, 6.45) is 7.88. The van der Waals surface area contributed by atoms with Crippen molar-refractivity contribution in [2.24, 2.45) is 5.73 Å². The van der Waals surface area contributed by atoms with Crippen molar-refractivity contribution < 1.29 is 4.79 Å². The lowest BCUT2D eigenvalue weighted by molar-refractivity contribution is -0.118. The molecule has 2 heterocycles. The molecule has 0 saturated carbocycles. The third-order valence-corrected chi connectivity index (χ3v) is 5.17. The van der Waals surface area contributed by atoms with Gasteiger partial charge in [0.1, 0.15) is 11.0 Å². The highest BCUT2D eigenvalue weighted by Crippen LogP contribution is 2.24. The molecule has 0 radical (unpaired) electrons. The normalized spacial score (nSPS) is 14.6. The molecular formula is C17H28ClN5OS. The lowest BCUT2D eigenvalue weighted by Crippen LogP contribution is -2.30. The van der Waals surface area contributed by atoms with Gasteiger partial charge in [0.15, 0.2) is 5.16 Å². The number of thioether (sulfide) groups is 1. The second-order valence-electron chi connectivity index (χ2n) is 6.22. The van der Waals surface area contributed by atoms with Gasteiger partial charge in [-0.3, -0.25) is 4.79 Å². The predicted octanol–water partition coefficient (Wildman–Crippen LogP) is 2.85. The molecule has 1 aromatic heterocycles. The van der Waals surface area contributed by atoms with Crippen LogP contribution >= 0.6 is 23.4 Å². The van der Waals surface area contributed by atoms with Crippen LogP contribution in [-0.4, -0.2) is 47.8 Å². The van der Waals surface area contributed by atoms with Crippen LogP contribution < -0.4 is 16.0 Å². The second kappa shape index (κ2) is 11.5. The topological polar surface area (TPSA) is 84.1 Å². The van der Waals surface area contributed by atoms with Crippen molar-refractivity contribution in [1.29, 1.82) is 0 Å². The Bertz CT molecular complexity index is 540. The zero-order valence-electron chi connectivity index (χ0n) is 14.7. The van der Waals surface area contributed by atoms with E-state index in [9.17, 15) is 4.79 Å². The summed E-state index contributed by atoms with van der Waals surface area (Å²) >= 11 is 7.46. The average molecular weight is 386 g/mol. The van der Waals surface area contributed by atoms with E-state index in [4.69, 9.17) is 17.3 Å². The fourth-order valence-electron chi connectivity index (χ4n) is 2.77. The molecule has 1 saturated heterocycles. The first kappa shape index (κ1) is 20.3. The van der Waals surface area contributed by atoms with Crippen molar-refractivity contribution in [2.45, 2.75) is 50.1 Å². The Kier molecular flexibility index (Phi) is 9.36. The van der Waals surface area contributed by atoms with E-state index < -0.39 is 0 Å². The Morgan fingerprint density at radius 2 is 1.96 bits per heavy atom. The van der Waals surface area contributed by atoms with E-state index in [1.165, 1.54) is 31.0 Å². The summed E-state index contributed by atoms with van der Waals surface area (Å²) in [5.41, 5.74) is 5.46. The van der Waals surface area contributed by atoms with E-state index in [2.05, 4.69) is 20.2 Å². The first-order valence-electron chi connectivity index (χ1n) is 9.08. The largest absolute Gasteiger partial charge is 0.356 e. The molecule has 1 amide bonds. The van der Waals surface area contributed by atoms with Gasteiger partial charge in [-0.1, -0.05) is 36.2 Å². The monoisotopic (exact) mass is 385 g/mol. The van der Waals surface area contributed by atoms with Crippen LogP contribution in [0, 0.1) is 0 Å². The summed E-state index contributed by atoms with van der Waals surface area (Å²) in [4.78, 5) is 23.0. The Hall–Kier alpha value is -1.05. The molecule has 1 aliphatic heterocycles. The summed E-state index contributed by atoms with van der Waals surface area (Å²) in [5, 5.41) is 3.92. The minimum Gasteiger partial charge on any atom is -0.356 e. The second-order valence-corrected chi connectivity index (χ2v) is 7.55. The van der Waals surface area contributed by atoms with Crippen molar-refractivity contribution >= 4 is 35.1 Å². The third-order valence-electron chi connectivity index (χ3n) is 4.13. The first-order chi connectivity index (χ1) is 12.2. The maximum atomic E-state index is 11.9. The number of amides is 1. The molecule has 3 N–H and O–H groups in total. The van der Waals surface area contributed by atoms with Crippen molar-refractivity contribution in [2.75, 3.05) is 36.8 Å². The lowest BCUT2D eigenvalue weighted by Gasteiger charge is -2.27. The summed E-state index contributed by atoms with van der Waals surface area (Å²) in [7, 11) is 0. The molecule has 0 aliphatic carbocycles. The van der Waals surface area contributed by atoms with Gasteiger partial charge < -0.3 is 16.0 Å². The standard InChI is InChI=1S/C17H28ClN5OS/c18-14-12-15(23-10-6-3-7-11-23)22-17(21-14)25-13-16(24)20-9-5-2-1-4-8-19/h12H,1-11,13,19H2,(H,20,24). The quantitative estimate of drug-likeness (QED) is 0.279. The van der Waals surface area contributed by atoms with Gasteiger partial charge in [-0.05, 0) is 38.6 Å². The zero-order chi connectivity index (χ0) is 17.9. The molecule has 1 aromatic rings. The van der Waals surface area contributed by atoms with Crippen molar-refractivity contribution in [3.63, 3.8) is 0 Å². The van der Waals surface area contributed by atoms with Crippen LogP contribution in [0.4, 0.5) is 5.82 Å². The number of hydrogen-bond donors (Lipinski definition) is 2. The van der Waals surface area contributed by atoms with E-state index in [1.54, 1.807) is 6.07 Å². The summed E-state index contributed by atoms with van der Waals surface area (Å²) < 4.78 is 0. The summed E-state index contributed by atoms with van der Waals surface area (Å²) in [5.74, 6) is 1.18. The molecule has 0 spiro atoms. The molecule has 2 rings (SSSR count). The molecule has 1 aliphatic rings. The van der Waals surface area contributed by atoms with E-state index in [0.29, 0.717) is 22.6 Å². The highest BCUT2D eigenvalue weighted by atomic mass is 35.5. The molecule has 1 fully saturated rings. The van der Waals surface area contributed by atoms with Gasteiger partial charge >= 0.3 is 0 Å². The van der Waals surface area contributed by atoms with Crippen molar-refractivity contribution in [3.8, 4) is 0 Å². The molecule has 25 heavy (non-hydrogen) atoms. The van der Waals surface area contributed by atoms with E-state index >= 15 is 0 Å². The van der Waals surface area contributed by atoms with Gasteiger partial charge in [0, 0.05) is 25.7 Å². The van der Waals surface area contributed by atoms with Crippen LogP contribution in [0.25, 0.3) is 0 Å². The number of anilines is 1. The van der Waals surface area contributed by atoms with Crippen LogP contribution in [-0.2, 0) is 4.79 Å². The molecule has 6 nitrogen and oxygen atoms in total. The summed E-state index contributed by atoms with van der Waals surface area (Å²) in [6.45, 7) is 3.45.